The number of furan rings is 1. The molecule has 0 unspecified atom stereocenters. The summed E-state index contributed by atoms with van der Waals surface area (Å²) in [5.74, 6) is 1.84. The fourth-order valence-corrected chi connectivity index (χ4v) is 3.94. The molecule has 1 aliphatic rings. The van der Waals surface area contributed by atoms with Crippen LogP contribution in [0, 0.1) is 0 Å². The van der Waals surface area contributed by atoms with Crippen LogP contribution in [0.4, 0.5) is 5.69 Å². The first-order valence-electron chi connectivity index (χ1n) is 8.78. The Morgan fingerprint density at radius 3 is 2.79 bits per heavy atom. The highest BCUT2D eigenvalue weighted by Crippen LogP contribution is 2.31. The molecular weight excluding hydrogens is 396 g/mol. The van der Waals surface area contributed by atoms with Crippen molar-refractivity contribution in [2.45, 2.75) is 17.9 Å². The number of nitrogens with one attached hydrogen (secondary N) is 2. The maximum atomic E-state index is 12.5. The standard InChI is InChI=1S/C21H17ClN2O3S/c22-15-4-1-13(2-5-15)18-7-6-16(27-18)12-23-21(26)14-3-8-19-17(11-14)24-20(25)9-10-28-19/h1-8,11H,9-10,12H2,(H,23,26)(H,24,25). The minimum Gasteiger partial charge on any atom is -0.459 e. The second-order valence-electron chi connectivity index (χ2n) is 6.31. The molecule has 7 heteroatoms. The molecule has 0 bridgehead atoms. The Morgan fingerprint density at radius 1 is 1.14 bits per heavy atom. The van der Waals surface area contributed by atoms with Crippen molar-refractivity contribution in [2.24, 2.45) is 0 Å². The van der Waals surface area contributed by atoms with Crippen LogP contribution in [0.15, 0.2) is 63.9 Å². The molecule has 1 aromatic heterocycles. The molecule has 2 heterocycles. The molecule has 0 saturated carbocycles. The van der Waals surface area contributed by atoms with E-state index < -0.39 is 0 Å². The van der Waals surface area contributed by atoms with Crippen LogP contribution in [0.5, 0.6) is 0 Å². The molecule has 2 amide bonds. The number of anilines is 1. The SMILES string of the molecule is O=C1CCSc2ccc(C(=O)NCc3ccc(-c4ccc(Cl)cc4)o3)cc2N1. The van der Waals surface area contributed by atoms with Crippen LogP contribution in [-0.2, 0) is 11.3 Å². The van der Waals surface area contributed by atoms with Gasteiger partial charge in [-0.05, 0) is 54.6 Å². The van der Waals surface area contributed by atoms with Gasteiger partial charge in [0.2, 0.25) is 5.91 Å². The van der Waals surface area contributed by atoms with Gasteiger partial charge in [0.25, 0.3) is 5.91 Å². The number of benzene rings is 2. The van der Waals surface area contributed by atoms with Crippen LogP contribution in [0.2, 0.25) is 5.02 Å². The molecule has 3 aromatic rings. The van der Waals surface area contributed by atoms with Crippen molar-refractivity contribution in [3.63, 3.8) is 0 Å². The van der Waals surface area contributed by atoms with Crippen LogP contribution >= 0.6 is 23.4 Å². The van der Waals surface area contributed by atoms with E-state index in [1.54, 1.807) is 36.0 Å². The third-order valence-electron chi connectivity index (χ3n) is 4.32. The van der Waals surface area contributed by atoms with Crippen molar-refractivity contribution >= 4 is 40.9 Å². The van der Waals surface area contributed by atoms with E-state index in [1.165, 1.54) is 0 Å². The van der Waals surface area contributed by atoms with Gasteiger partial charge < -0.3 is 15.1 Å². The summed E-state index contributed by atoms with van der Waals surface area (Å²) in [6.07, 6.45) is 0.468. The third kappa shape index (κ3) is 4.24. The molecule has 0 fully saturated rings. The minimum absolute atomic E-state index is 0.0332. The first-order chi connectivity index (χ1) is 13.6. The lowest BCUT2D eigenvalue weighted by atomic mass is 10.2. The Kier molecular flexibility index (Phi) is 5.41. The van der Waals surface area contributed by atoms with Crippen LogP contribution in [0.3, 0.4) is 0 Å². The van der Waals surface area contributed by atoms with Crippen molar-refractivity contribution in [2.75, 3.05) is 11.1 Å². The summed E-state index contributed by atoms with van der Waals surface area (Å²) in [5, 5.41) is 6.36. The van der Waals surface area contributed by atoms with Gasteiger partial charge in [-0.2, -0.15) is 0 Å². The summed E-state index contributed by atoms with van der Waals surface area (Å²) in [5.41, 5.74) is 2.09. The highest BCUT2D eigenvalue weighted by atomic mass is 35.5. The number of halogens is 1. The number of thioether (sulfide) groups is 1. The lowest BCUT2D eigenvalue weighted by Crippen LogP contribution is -2.22. The van der Waals surface area contributed by atoms with E-state index in [4.69, 9.17) is 16.0 Å². The summed E-state index contributed by atoms with van der Waals surface area (Å²) in [6.45, 7) is 0.268. The zero-order valence-electron chi connectivity index (χ0n) is 14.8. The first-order valence-corrected chi connectivity index (χ1v) is 10.1. The monoisotopic (exact) mass is 412 g/mol. The van der Waals surface area contributed by atoms with Crippen molar-refractivity contribution in [1.29, 1.82) is 0 Å². The Labute approximate surface area is 171 Å². The zero-order chi connectivity index (χ0) is 19.5. The van der Waals surface area contributed by atoms with Gasteiger partial charge >= 0.3 is 0 Å². The largest absolute Gasteiger partial charge is 0.459 e. The molecular formula is C21H17ClN2O3S. The summed E-state index contributed by atoms with van der Waals surface area (Å²) < 4.78 is 5.80. The lowest BCUT2D eigenvalue weighted by Gasteiger charge is -2.09. The molecule has 1 aliphatic heterocycles. The average molecular weight is 413 g/mol. The predicted molar refractivity (Wildman–Crippen MR) is 111 cm³/mol. The van der Waals surface area contributed by atoms with E-state index in [2.05, 4.69) is 10.6 Å². The van der Waals surface area contributed by atoms with Gasteiger partial charge in [-0.25, -0.2) is 0 Å². The van der Waals surface area contributed by atoms with E-state index in [0.29, 0.717) is 34.2 Å². The molecule has 0 radical (unpaired) electrons. The van der Waals surface area contributed by atoms with Crippen LogP contribution in [-0.4, -0.2) is 17.6 Å². The van der Waals surface area contributed by atoms with Gasteiger partial charge in [-0.1, -0.05) is 11.6 Å². The third-order valence-corrected chi connectivity index (χ3v) is 5.64. The highest BCUT2D eigenvalue weighted by molar-refractivity contribution is 7.99. The first kappa shape index (κ1) is 18.7. The quantitative estimate of drug-likeness (QED) is 0.635. The van der Waals surface area contributed by atoms with Gasteiger partial charge in [0.15, 0.2) is 0 Å². The molecule has 2 aromatic carbocycles. The summed E-state index contributed by atoms with van der Waals surface area (Å²) in [4.78, 5) is 25.2. The number of fused-ring (bicyclic) bond motifs is 1. The Morgan fingerprint density at radius 2 is 1.96 bits per heavy atom. The van der Waals surface area contributed by atoms with Crippen molar-refractivity contribution < 1.29 is 14.0 Å². The number of hydrogen-bond donors (Lipinski definition) is 2. The van der Waals surface area contributed by atoms with Gasteiger partial charge in [-0.15, -0.1) is 11.8 Å². The van der Waals surface area contributed by atoms with E-state index in [1.807, 2.05) is 30.3 Å². The Balaban J connectivity index is 1.42. The topological polar surface area (TPSA) is 71.3 Å². The fourth-order valence-electron chi connectivity index (χ4n) is 2.87. The van der Waals surface area contributed by atoms with Crippen LogP contribution < -0.4 is 10.6 Å². The molecule has 0 atom stereocenters. The second kappa shape index (κ2) is 8.12. The molecule has 0 spiro atoms. The molecule has 0 aliphatic carbocycles. The summed E-state index contributed by atoms with van der Waals surface area (Å²) in [7, 11) is 0. The molecule has 28 heavy (non-hydrogen) atoms. The smallest absolute Gasteiger partial charge is 0.251 e. The van der Waals surface area contributed by atoms with E-state index >= 15 is 0 Å². The molecule has 4 rings (SSSR count). The van der Waals surface area contributed by atoms with E-state index in [0.717, 1.165) is 16.2 Å². The molecule has 5 nitrogen and oxygen atoms in total. The molecule has 142 valence electrons. The fraction of sp³-hybridized carbons (Fsp3) is 0.143. The minimum atomic E-state index is -0.226. The normalized spacial score (nSPS) is 13.4. The Bertz CT molecular complexity index is 1030. The highest BCUT2D eigenvalue weighted by Gasteiger charge is 2.16. The molecule has 2 N–H and O–H groups in total. The summed E-state index contributed by atoms with van der Waals surface area (Å²) >= 11 is 7.51. The van der Waals surface area contributed by atoms with Crippen molar-refractivity contribution in [3.05, 3.63) is 70.9 Å². The Hall–Kier alpha value is -2.70. The van der Waals surface area contributed by atoms with E-state index in [-0.39, 0.29) is 18.4 Å². The van der Waals surface area contributed by atoms with Gasteiger partial charge in [0.05, 0.1) is 12.2 Å². The van der Waals surface area contributed by atoms with Crippen LogP contribution in [0.1, 0.15) is 22.5 Å². The second-order valence-corrected chi connectivity index (χ2v) is 7.89. The van der Waals surface area contributed by atoms with Gasteiger partial charge in [0.1, 0.15) is 11.5 Å². The van der Waals surface area contributed by atoms with Gasteiger partial charge in [0, 0.05) is 33.2 Å². The predicted octanol–water partition coefficient (Wildman–Crippen LogP) is 4.96. The number of carbonyl (C=O) groups excluding carboxylic acids is 2. The van der Waals surface area contributed by atoms with Gasteiger partial charge in [-0.3, -0.25) is 9.59 Å². The maximum Gasteiger partial charge on any atom is 0.251 e. The van der Waals surface area contributed by atoms with E-state index in [9.17, 15) is 9.59 Å². The molecule has 0 saturated heterocycles. The van der Waals surface area contributed by atoms with Crippen molar-refractivity contribution in [1.82, 2.24) is 5.32 Å². The maximum absolute atomic E-state index is 12.5. The van der Waals surface area contributed by atoms with Crippen molar-refractivity contribution in [3.8, 4) is 11.3 Å². The number of carbonyl (C=O) groups is 2. The number of rotatable bonds is 4. The average Bonchev–Trinajstić information content (AvgIpc) is 3.08. The number of hydrogen-bond acceptors (Lipinski definition) is 4. The zero-order valence-corrected chi connectivity index (χ0v) is 16.4. The summed E-state index contributed by atoms with van der Waals surface area (Å²) in [6, 6.07) is 16.4. The van der Waals surface area contributed by atoms with Crippen LogP contribution in [0.25, 0.3) is 11.3 Å². The number of amides is 2. The lowest BCUT2D eigenvalue weighted by molar-refractivity contribution is -0.115.